The van der Waals surface area contributed by atoms with Gasteiger partial charge in [0.15, 0.2) is 9.84 Å². The van der Waals surface area contributed by atoms with E-state index in [1.165, 1.54) is 0 Å². The molecule has 2 N–H and O–H groups in total. The minimum absolute atomic E-state index is 0.0879. The molecule has 2 rings (SSSR count). The fourth-order valence-corrected chi connectivity index (χ4v) is 3.43. The van der Waals surface area contributed by atoms with Crippen LogP contribution >= 0.6 is 0 Å². The molecule has 0 saturated heterocycles. The molecule has 1 aromatic carbocycles. The van der Waals surface area contributed by atoms with E-state index in [9.17, 15) is 18.0 Å². The molecular formula is C15H19NO5S. The van der Waals surface area contributed by atoms with Crippen molar-refractivity contribution < 1.29 is 23.1 Å². The maximum atomic E-state index is 11.9. The topological polar surface area (TPSA) is 101 Å². The lowest BCUT2D eigenvalue weighted by molar-refractivity contribution is -0.142. The number of nitrogens with one attached hydrogen (secondary N) is 1. The van der Waals surface area contributed by atoms with Crippen molar-refractivity contribution in [3.8, 4) is 0 Å². The lowest BCUT2D eigenvalue weighted by Gasteiger charge is -2.12. The molecule has 0 heterocycles. The molecule has 120 valence electrons. The number of amides is 1. The zero-order valence-corrected chi connectivity index (χ0v) is 12.9. The summed E-state index contributed by atoms with van der Waals surface area (Å²) in [5.74, 6) is -2.59. The number of sulfone groups is 1. The first-order valence-electron chi connectivity index (χ1n) is 7.12. The number of hydrogen-bond donors (Lipinski definition) is 2. The Kier molecular flexibility index (Phi) is 4.85. The standard InChI is InChI=1S/C15H19NO5S/c17-13(16-15(8-9-15)14(18)19)11-22(20,21)10-4-7-12-5-2-1-3-6-12/h1-3,5-6H,4,7-11H2,(H,16,17)(H,18,19). The molecule has 22 heavy (non-hydrogen) atoms. The molecule has 6 nitrogen and oxygen atoms in total. The van der Waals surface area contributed by atoms with Crippen molar-refractivity contribution in [2.24, 2.45) is 0 Å². The van der Waals surface area contributed by atoms with Crippen LogP contribution in [0.4, 0.5) is 0 Å². The Morgan fingerprint density at radius 2 is 1.82 bits per heavy atom. The summed E-state index contributed by atoms with van der Waals surface area (Å²) >= 11 is 0. The Bertz CT molecular complexity index is 650. The summed E-state index contributed by atoms with van der Waals surface area (Å²) in [6.45, 7) is 0. The first-order valence-corrected chi connectivity index (χ1v) is 8.94. The number of hydrogen-bond acceptors (Lipinski definition) is 4. The quantitative estimate of drug-likeness (QED) is 0.735. The van der Waals surface area contributed by atoms with Crippen LogP contribution in [0.25, 0.3) is 0 Å². The summed E-state index contributed by atoms with van der Waals surface area (Å²) in [5.41, 5.74) is -0.193. The minimum atomic E-state index is -3.53. The van der Waals surface area contributed by atoms with Crippen LogP contribution in [0.15, 0.2) is 30.3 Å². The number of carbonyl (C=O) groups is 2. The van der Waals surface area contributed by atoms with Gasteiger partial charge in [-0.15, -0.1) is 0 Å². The Balaban J connectivity index is 1.78. The van der Waals surface area contributed by atoms with Crippen molar-refractivity contribution in [1.82, 2.24) is 5.32 Å². The lowest BCUT2D eigenvalue weighted by Crippen LogP contribution is -2.45. The minimum Gasteiger partial charge on any atom is -0.480 e. The van der Waals surface area contributed by atoms with Gasteiger partial charge >= 0.3 is 5.97 Å². The maximum absolute atomic E-state index is 11.9. The van der Waals surface area contributed by atoms with Gasteiger partial charge < -0.3 is 10.4 Å². The van der Waals surface area contributed by atoms with Crippen LogP contribution in [0.1, 0.15) is 24.8 Å². The van der Waals surface area contributed by atoms with Gasteiger partial charge in [0.25, 0.3) is 0 Å². The van der Waals surface area contributed by atoms with Crippen molar-refractivity contribution in [1.29, 1.82) is 0 Å². The highest BCUT2D eigenvalue weighted by molar-refractivity contribution is 7.92. The van der Waals surface area contributed by atoms with Gasteiger partial charge in [-0.3, -0.25) is 4.79 Å². The molecule has 0 bridgehead atoms. The summed E-state index contributed by atoms with van der Waals surface area (Å²) in [6, 6.07) is 9.50. The Morgan fingerprint density at radius 1 is 1.18 bits per heavy atom. The van der Waals surface area contributed by atoms with E-state index in [2.05, 4.69) is 5.32 Å². The molecule has 0 atom stereocenters. The molecule has 1 aromatic rings. The van der Waals surface area contributed by atoms with E-state index in [0.29, 0.717) is 25.7 Å². The molecule has 1 saturated carbocycles. The van der Waals surface area contributed by atoms with E-state index in [4.69, 9.17) is 5.11 Å². The summed E-state index contributed by atoms with van der Waals surface area (Å²) in [7, 11) is -3.53. The number of carboxylic acids is 1. The first kappa shape index (κ1) is 16.5. The Labute approximate surface area is 129 Å². The highest BCUT2D eigenvalue weighted by Crippen LogP contribution is 2.35. The summed E-state index contributed by atoms with van der Waals surface area (Å²) in [5, 5.41) is 11.3. The van der Waals surface area contributed by atoms with Gasteiger partial charge in [0.05, 0.1) is 5.75 Å². The van der Waals surface area contributed by atoms with E-state index in [1.807, 2.05) is 30.3 Å². The highest BCUT2D eigenvalue weighted by atomic mass is 32.2. The predicted octanol–water partition coefficient (Wildman–Crippen LogP) is 0.767. The molecule has 1 aliphatic rings. The molecule has 0 unspecified atom stereocenters. The number of carbonyl (C=O) groups excluding carboxylic acids is 1. The van der Waals surface area contributed by atoms with Crippen LogP contribution in [0.3, 0.4) is 0 Å². The van der Waals surface area contributed by atoms with E-state index in [0.717, 1.165) is 5.56 Å². The normalized spacial score (nSPS) is 16.0. The second-order valence-electron chi connectivity index (χ2n) is 5.62. The Hall–Kier alpha value is -1.89. The van der Waals surface area contributed by atoms with Gasteiger partial charge in [0, 0.05) is 0 Å². The Morgan fingerprint density at radius 3 is 2.36 bits per heavy atom. The molecule has 7 heteroatoms. The number of rotatable bonds is 8. The monoisotopic (exact) mass is 325 g/mol. The highest BCUT2D eigenvalue weighted by Gasteiger charge is 2.51. The summed E-state index contributed by atoms with van der Waals surface area (Å²) < 4.78 is 23.8. The van der Waals surface area contributed by atoms with Crippen molar-refractivity contribution in [3.63, 3.8) is 0 Å². The molecule has 1 amide bonds. The zero-order valence-electron chi connectivity index (χ0n) is 12.1. The number of carboxylic acid groups (broad SMARTS) is 1. The van der Waals surface area contributed by atoms with Crippen molar-refractivity contribution >= 4 is 21.7 Å². The van der Waals surface area contributed by atoms with E-state index >= 15 is 0 Å². The lowest BCUT2D eigenvalue weighted by atomic mass is 10.1. The van der Waals surface area contributed by atoms with Gasteiger partial charge in [0.2, 0.25) is 5.91 Å². The maximum Gasteiger partial charge on any atom is 0.329 e. The molecule has 0 radical (unpaired) electrons. The van der Waals surface area contributed by atoms with Gasteiger partial charge in [-0.25, -0.2) is 13.2 Å². The van der Waals surface area contributed by atoms with Crippen molar-refractivity contribution in [2.75, 3.05) is 11.5 Å². The average Bonchev–Trinajstić information content (AvgIpc) is 3.19. The molecular weight excluding hydrogens is 306 g/mol. The van der Waals surface area contributed by atoms with E-state index < -0.39 is 33.0 Å². The number of benzene rings is 1. The summed E-state index contributed by atoms with van der Waals surface area (Å²) in [6.07, 6.45) is 1.76. The van der Waals surface area contributed by atoms with Crippen LogP contribution in [0.5, 0.6) is 0 Å². The third-order valence-electron chi connectivity index (χ3n) is 3.65. The largest absolute Gasteiger partial charge is 0.480 e. The van der Waals surface area contributed by atoms with E-state index in [1.54, 1.807) is 0 Å². The molecule has 1 fully saturated rings. The van der Waals surface area contributed by atoms with Crippen LogP contribution in [-0.2, 0) is 25.8 Å². The third-order valence-corrected chi connectivity index (χ3v) is 5.27. The molecule has 1 aliphatic carbocycles. The fraction of sp³-hybridized carbons (Fsp3) is 0.467. The number of aliphatic carboxylic acids is 1. The molecule has 0 aromatic heterocycles. The van der Waals surface area contributed by atoms with Gasteiger partial charge in [0.1, 0.15) is 11.3 Å². The smallest absolute Gasteiger partial charge is 0.329 e. The zero-order chi connectivity index (χ0) is 16.2. The predicted molar refractivity (Wildman–Crippen MR) is 81.2 cm³/mol. The van der Waals surface area contributed by atoms with E-state index in [-0.39, 0.29) is 5.75 Å². The van der Waals surface area contributed by atoms with Gasteiger partial charge in [-0.05, 0) is 31.2 Å². The van der Waals surface area contributed by atoms with Crippen LogP contribution < -0.4 is 5.32 Å². The number of aryl methyl sites for hydroxylation is 1. The van der Waals surface area contributed by atoms with Crippen LogP contribution in [-0.4, -0.2) is 42.4 Å². The summed E-state index contributed by atoms with van der Waals surface area (Å²) in [4.78, 5) is 22.6. The molecule has 0 aliphatic heterocycles. The van der Waals surface area contributed by atoms with Crippen LogP contribution in [0.2, 0.25) is 0 Å². The van der Waals surface area contributed by atoms with Crippen molar-refractivity contribution in [3.05, 3.63) is 35.9 Å². The second kappa shape index (κ2) is 6.48. The van der Waals surface area contributed by atoms with Gasteiger partial charge in [-0.1, -0.05) is 30.3 Å². The molecule has 0 spiro atoms. The second-order valence-corrected chi connectivity index (χ2v) is 7.80. The average molecular weight is 325 g/mol. The van der Waals surface area contributed by atoms with Gasteiger partial charge in [-0.2, -0.15) is 0 Å². The fourth-order valence-electron chi connectivity index (χ4n) is 2.23. The third kappa shape index (κ3) is 4.56. The van der Waals surface area contributed by atoms with Crippen molar-refractivity contribution in [2.45, 2.75) is 31.2 Å². The first-order chi connectivity index (χ1) is 10.3. The SMILES string of the molecule is O=C(CS(=O)(=O)CCCc1ccccc1)NC1(C(=O)O)CC1. The van der Waals surface area contributed by atoms with Crippen LogP contribution in [0, 0.1) is 0 Å².